The Morgan fingerprint density at radius 3 is 2.55 bits per heavy atom. The molecule has 4 nitrogen and oxygen atoms in total. The predicted molar refractivity (Wildman–Crippen MR) is 85.2 cm³/mol. The highest BCUT2D eigenvalue weighted by Gasteiger charge is 2.30. The minimum absolute atomic E-state index is 0.0197. The summed E-state index contributed by atoms with van der Waals surface area (Å²) in [4.78, 5) is 11.4. The summed E-state index contributed by atoms with van der Waals surface area (Å²) in [5.41, 5.74) is 6.67. The zero-order chi connectivity index (χ0) is 15.5. The minimum Gasteiger partial charge on any atom is -0.493 e. The van der Waals surface area contributed by atoms with E-state index in [1.807, 2.05) is 6.07 Å². The topological polar surface area (TPSA) is 61.5 Å². The van der Waals surface area contributed by atoms with Crippen molar-refractivity contribution in [1.82, 2.24) is 0 Å². The number of methoxy groups -OCH3 is 1. The summed E-state index contributed by atoms with van der Waals surface area (Å²) < 4.78 is 11.6. The molecular formula is C18H25NO3. The Labute approximate surface area is 132 Å². The maximum Gasteiger partial charge on any atom is 0.220 e. The largest absolute Gasteiger partial charge is 0.493 e. The lowest BCUT2D eigenvalue weighted by Crippen LogP contribution is -2.20. The zero-order valence-electron chi connectivity index (χ0n) is 13.2. The van der Waals surface area contributed by atoms with Gasteiger partial charge in [0, 0.05) is 5.92 Å². The molecule has 2 aliphatic carbocycles. The number of amides is 1. The van der Waals surface area contributed by atoms with Gasteiger partial charge in [0.05, 0.1) is 13.2 Å². The predicted octanol–water partition coefficient (Wildman–Crippen LogP) is 3.39. The lowest BCUT2D eigenvalue weighted by molar-refractivity contribution is -0.121. The van der Waals surface area contributed by atoms with Crippen molar-refractivity contribution < 1.29 is 14.3 Å². The van der Waals surface area contributed by atoms with Crippen molar-refractivity contribution in [1.29, 1.82) is 0 Å². The fourth-order valence-electron chi connectivity index (χ4n) is 3.77. The highest BCUT2D eigenvalue weighted by Crippen LogP contribution is 2.41. The van der Waals surface area contributed by atoms with Crippen LogP contribution in [0.4, 0.5) is 0 Å². The first-order valence-electron chi connectivity index (χ1n) is 8.31. The van der Waals surface area contributed by atoms with Crippen molar-refractivity contribution in [2.24, 2.45) is 11.7 Å². The highest BCUT2D eigenvalue weighted by atomic mass is 16.5. The minimum atomic E-state index is -0.168. The molecule has 0 radical (unpaired) electrons. The number of hydrogen-bond donors (Lipinski definition) is 1. The summed E-state index contributed by atoms with van der Waals surface area (Å²) in [5, 5.41) is 0. The number of rotatable bonds is 5. The second kappa shape index (κ2) is 6.59. The van der Waals surface area contributed by atoms with Gasteiger partial charge in [-0.25, -0.2) is 0 Å². The van der Waals surface area contributed by atoms with Gasteiger partial charge in [-0.3, -0.25) is 4.79 Å². The van der Waals surface area contributed by atoms with Crippen LogP contribution >= 0.6 is 0 Å². The first-order chi connectivity index (χ1) is 10.7. The van der Waals surface area contributed by atoms with Crippen molar-refractivity contribution >= 4 is 5.91 Å². The van der Waals surface area contributed by atoms with E-state index in [0.29, 0.717) is 12.0 Å². The summed E-state index contributed by atoms with van der Waals surface area (Å²) in [5.74, 6) is 1.88. The Bertz CT molecular complexity index is 537. The molecule has 1 amide bonds. The number of carbonyl (C=O) groups is 1. The number of hydrogen-bond acceptors (Lipinski definition) is 3. The summed E-state index contributed by atoms with van der Waals surface area (Å²) in [6, 6.07) is 6.18. The first-order valence-corrected chi connectivity index (χ1v) is 8.31. The average Bonchev–Trinajstić information content (AvgIpc) is 3.18. The second-order valence-electron chi connectivity index (χ2n) is 6.54. The molecule has 1 aromatic carbocycles. The lowest BCUT2D eigenvalue weighted by atomic mass is 9.95. The van der Waals surface area contributed by atoms with Gasteiger partial charge >= 0.3 is 0 Å². The molecule has 2 saturated carbocycles. The van der Waals surface area contributed by atoms with Gasteiger partial charge in [0.25, 0.3) is 0 Å². The van der Waals surface area contributed by atoms with Crippen molar-refractivity contribution in [2.45, 2.75) is 57.0 Å². The molecule has 1 aromatic rings. The van der Waals surface area contributed by atoms with Crippen LogP contribution in [0.15, 0.2) is 18.2 Å². The van der Waals surface area contributed by atoms with Crippen molar-refractivity contribution in [3.8, 4) is 11.5 Å². The molecule has 2 fully saturated rings. The first kappa shape index (κ1) is 15.2. The molecule has 0 aliphatic heterocycles. The van der Waals surface area contributed by atoms with Crippen LogP contribution in [0, 0.1) is 5.92 Å². The van der Waals surface area contributed by atoms with Gasteiger partial charge in [0.15, 0.2) is 11.5 Å². The molecule has 0 aromatic heterocycles. The third-order valence-electron chi connectivity index (χ3n) is 5.09. The van der Waals surface area contributed by atoms with Gasteiger partial charge in [-0.05, 0) is 68.6 Å². The third-order valence-corrected chi connectivity index (χ3v) is 5.09. The average molecular weight is 303 g/mol. The van der Waals surface area contributed by atoms with E-state index in [4.69, 9.17) is 15.2 Å². The van der Waals surface area contributed by atoms with Crippen LogP contribution in [0.1, 0.15) is 56.4 Å². The number of carbonyl (C=O) groups excluding carboxylic acids is 1. The molecule has 2 atom stereocenters. The van der Waals surface area contributed by atoms with E-state index in [2.05, 4.69) is 12.1 Å². The summed E-state index contributed by atoms with van der Waals surface area (Å²) in [7, 11) is 1.68. The van der Waals surface area contributed by atoms with Gasteiger partial charge in [-0.15, -0.1) is 0 Å². The molecule has 0 heterocycles. The van der Waals surface area contributed by atoms with Gasteiger partial charge in [-0.2, -0.15) is 0 Å². The quantitative estimate of drug-likeness (QED) is 0.907. The van der Waals surface area contributed by atoms with E-state index in [0.717, 1.165) is 43.6 Å². The zero-order valence-corrected chi connectivity index (χ0v) is 13.2. The van der Waals surface area contributed by atoms with E-state index < -0.39 is 0 Å². The maximum absolute atomic E-state index is 11.4. The van der Waals surface area contributed by atoms with E-state index in [1.165, 1.54) is 18.4 Å². The number of benzene rings is 1. The van der Waals surface area contributed by atoms with Crippen LogP contribution in [0.2, 0.25) is 0 Å². The molecule has 0 bridgehead atoms. The molecule has 0 saturated heterocycles. The Morgan fingerprint density at radius 1 is 1.14 bits per heavy atom. The summed E-state index contributed by atoms with van der Waals surface area (Å²) in [6.07, 6.45) is 7.82. The Kier molecular flexibility index (Phi) is 4.55. The van der Waals surface area contributed by atoms with Gasteiger partial charge in [-0.1, -0.05) is 6.07 Å². The van der Waals surface area contributed by atoms with E-state index in [1.54, 1.807) is 7.11 Å². The lowest BCUT2D eigenvalue weighted by Gasteiger charge is -2.18. The number of nitrogens with two attached hydrogens (primary N) is 1. The Balaban J connectivity index is 1.76. The van der Waals surface area contributed by atoms with Crippen molar-refractivity contribution in [2.75, 3.05) is 7.11 Å². The fourth-order valence-corrected chi connectivity index (χ4v) is 3.77. The molecule has 2 unspecified atom stereocenters. The molecule has 4 heteroatoms. The van der Waals surface area contributed by atoms with E-state index >= 15 is 0 Å². The molecular weight excluding hydrogens is 278 g/mol. The number of ether oxygens (including phenoxy) is 2. The monoisotopic (exact) mass is 303 g/mol. The van der Waals surface area contributed by atoms with Crippen LogP contribution in [-0.2, 0) is 4.79 Å². The van der Waals surface area contributed by atoms with Gasteiger partial charge in [0.2, 0.25) is 5.91 Å². The van der Waals surface area contributed by atoms with Crippen LogP contribution in [0.5, 0.6) is 11.5 Å². The van der Waals surface area contributed by atoms with E-state index in [9.17, 15) is 4.79 Å². The Hall–Kier alpha value is -1.71. The van der Waals surface area contributed by atoms with Crippen molar-refractivity contribution in [3.63, 3.8) is 0 Å². The normalized spacial score (nSPS) is 25.3. The molecule has 22 heavy (non-hydrogen) atoms. The standard InChI is InChI=1S/C18H25NO3/c1-21-16-9-8-13(12-6-7-14(10-12)18(19)20)11-17(16)22-15-4-2-3-5-15/h8-9,11-12,14-15H,2-7,10H2,1H3,(H2,19,20). The number of primary amides is 1. The summed E-state index contributed by atoms with van der Waals surface area (Å²) in [6.45, 7) is 0. The van der Waals surface area contributed by atoms with Gasteiger partial charge < -0.3 is 15.2 Å². The molecule has 3 rings (SSSR count). The molecule has 2 aliphatic rings. The second-order valence-corrected chi connectivity index (χ2v) is 6.54. The highest BCUT2D eigenvalue weighted by molar-refractivity contribution is 5.77. The van der Waals surface area contributed by atoms with Crippen LogP contribution in [0.3, 0.4) is 0 Å². The summed E-state index contributed by atoms with van der Waals surface area (Å²) >= 11 is 0. The molecule has 120 valence electrons. The Morgan fingerprint density at radius 2 is 1.91 bits per heavy atom. The van der Waals surface area contributed by atoms with Crippen LogP contribution in [-0.4, -0.2) is 19.1 Å². The third kappa shape index (κ3) is 3.21. The fraction of sp³-hybridized carbons (Fsp3) is 0.611. The van der Waals surface area contributed by atoms with E-state index in [-0.39, 0.29) is 11.8 Å². The SMILES string of the molecule is COc1ccc(C2CCC(C(N)=O)C2)cc1OC1CCCC1. The maximum atomic E-state index is 11.4. The van der Waals surface area contributed by atoms with Crippen LogP contribution < -0.4 is 15.2 Å². The van der Waals surface area contributed by atoms with Gasteiger partial charge in [0.1, 0.15) is 0 Å². The smallest absolute Gasteiger partial charge is 0.220 e. The molecule has 0 spiro atoms. The van der Waals surface area contributed by atoms with Crippen molar-refractivity contribution in [3.05, 3.63) is 23.8 Å². The molecule has 2 N–H and O–H groups in total. The van der Waals surface area contributed by atoms with Crippen LogP contribution in [0.25, 0.3) is 0 Å².